The Bertz CT molecular complexity index is 258. The van der Waals surface area contributed by atoms with Crippen LogP contribution in [0.15, 0.2) is 11.1 Å². The van der Waals surface area contributed by atoms with E-state index in [-0.39, 0.29) is 5.91 Å². The van der Waals surface area contributed by atoms with Gasteiger partial charge in [0.05, 0.1) is 0 Å². The van der Waals surface area contributed by atoms with Crippen molar-refractivity contribution in [1.82, 2.24) is 10.0 Å². The Morgan fingerprint density at radius 2 is 1.93 bits per heavy atom. The third kappa shape index (κ3) is 1.82. The van der Waals surface area contributed by atoms with Gasteiger partial charge in [0.25, 0.3) is 5.91 Å². The molecule has 1 aliphatic rings. The van der Waals surface area contributed by atoms with E-state index in [1.54, 1.807) is 0 Å². The van der Waals surface area contributed by atoms with Crippen LogP contribution in [-0.4, -0.2) is 35.6 Å². The molecule has 1 fully saturated rings. The first-order valence-electron chi connectivity index (χ1n) is 5.40. The summed E-state index contributed by atoms with van der Waals surface area (Å²) in [5.41, 5.74) is 2.22. The molecule has 1 heterocycles. The van der Waals surface area contributed by atoms with E-state index < -0.39 is 0 Å². The minimum absolute atomic E-state index is 0.203. The Kier molecular flexibility index (Phi) is 3.69. The predicted molar refractivity (Wildman–Crippen MR) is 57.6 cm³/mol. The number of amides is 1. The average Bonchev–Trinajstić information content (AvgIpc) is 2.53. The molecule has 3 nitrogen and oxygen atoms in total. The summed E-state index contributed by atoms with van der Waals surface area (Å²) < 4.78 is 0. The number of carbonyl (C=O) groups is 1. The molecule has 0 aliphatic carbocycles. The molecular weight excluding hydrogens is 176 g/mol. The summed E-state index contributed by atoms with van der Waals surface area (Å²) >= 11 is 0. The minimum atomic E-state index is 0.203. The molecule has 0 aromatic rings. The van der Waals surface area contributed by atoms with E-state index in [9.17, 15) is 4.79 Å². The van der Waals surface area contributed by atoms with Gasteiger partial charge in [-0.15, -0.1) is 0 Å². The third-order valence-electron chi connectivity index (χ3n) is 2.88. The lowest BCUT2D eigenvalue weighted by Crippen LogP contribution is -2.38. The summed E-state index contributed by atoms with van der Waals surface area (Å²) in [6, 6.07) is 0. The molecule has 0 atom stereocenters. The zero-order valence-corrected chi connectivity index (χ0v) is 9.63. The van der Waals surface area contributed by atoms with E-state index in [0.717, 1.165) is 31.6 Å². The molecule has 0 bridgehead atoms. The number of carbonyl (C=O) groups excluding carboxylic acids is 1. The van der Waals surface area contributed by atoms with Crippen LogP contribution in [0.3, 0.4) is 0 Å². The maximum absolute atomic E-state index is 11.9. The van der Waals surface area contributed by atoms with Gasteiger partial charge >= 0.3 is 0 Å². The number of rotatable bonds is 3. The van der Waals surface area contributed by atoms with Crippen LogP contribution in [0.1, 0.15) is 34.1 Å². The lowest BCUT2D eigenvalue weighted by molar-refractivity contribution is -0.135. The molecule has 0 saturated carbocycles. The van der Waals surface area contributed by atoms with Crippen molar-refractivity contribution in [3.8, 4) is 0 Å². The molecule has 0 aromatic carbocycles. The summed E-state index contributed by atoms with van der Waals surface area (Å²) in [6.45, 7) is 10.7. The fraction of sp³-hybridized carbons (Fsp3) is 0.727. The van der Waals surface area contributed by atoms with Crippen LogP contribution >= 0.6 is 0 Å². The first-order valence-corrected chi connectivity index (χ1v) is 5.40. The molecule has 14 heavy (non-hydrogen) atoms. The van der Waals surface area contributed by atoms with E-state index in [1.807, 2.05) is 11.9 Å². The SMILES string of the molecule is CC/C(C)=C1/CN(CC)N(CC)C1=O. The maximum atomic E-state index is 11.9. The van der Waals surface area contributed by atoms with Gasteiger partial charge in [0.2, 0.25) is 0 Å². The smallest absolute Gasteiger partial charge is 0.265 e. The molecule has 80 valence electrons. The van der Waals surface area contributed by atoms with E-state index in [4.69, 9.17) is 0 Å². The van der Waals surface area contributed by atoms with Crippen LogP contribution in [0.2, 0.25) is 0 Å². The minimum Gasteiger partial charge on any atom is -0.271 e. The Morgan fingerprint density at radius 3 is 2.29 bits per heavy atom. The third-order valence-corrected chi connectivity index (χ3v) is 2.88. The van der Waals surface area contributed by atoms with Crippen LogP contribution in [0.5, 0.6) is 0 Å². The maximum Gasteiger partial charge on any atom is 0.265 e. The van der Waals surface area contributed by atoms with Gasteiger partial charge in [-0.2, -0.15) is 0 Å². The fourth-order valence-electron chi connectivity index (χ4n) is 1.78. The largest absolute Gasteiger partial charge is 0.271 e. The normalized spacial score (nSPS) is 22.0. The summed E-state index contributed by atoms with van der Waals surface area (Å²) in [7, 11) is 0. The van der Waals surface area contributed by atoms with Gasteiger partial charge in [-0.1, -0.05) is 19.4 Å². The molecule has 3 heteroatoms. The van der Waals surface area contributed by atoms with E-state index in [0.29, 0.717) is 0 Å². The van der Waals surface area contributed by atoms with Crippen molar-refractivity contribution in [3.05, 3.63) is 11.1 Å². The molecule has 0 unspecified atom stereocenters. The van der Waals surface area contributed by atoms with Gasteiger partial charge in [0, 0.05) is 25.2 Å². The number of allylic oxidation sites excluding steroid dienone is 1. The highest BCUT2D eigenvalue weighted by molar-refractivity contribution is 5.96. The topological polar surface area (TPSA) is 23.6 Å². The first-order chi connectivity index (χ1) is 6.65. The number of likely N-dealkylation sites (N-methyl/N-ethyl adjacent to an activating group) is 2. The molecule has 1 aliphatic heterocycles. The highest BCUT2D eigenvalue weighted by Crippen LogP contribution is 2.21. The van der Waals surface area contributed by atoms with Crippen LogP contribution < -0.4 is 0 Å². The Hall–Kier alpha value is -0.830. The highest BCUT2D eigenvalue weighted by atomic mass is 16.2. The molecule has 1 rings (SSSR count). The standard InChI is InChI=1S/C11H20N2O/c1-5-9(4)10-8-12(6-2)13(7-3)11(10)14/h5-8H2,1-4H3/b10-9-. The molecule has 0 N–H and O–H groups in total. The van der Waals surface area contributed by atoms with Gasteiger partial charge < -0.3 is 0 Å². The number of hydrogen-bond donors (Lipinski definition) is 0. The average molecular weight is 196 g/mol. The molecule has 1 saturated heterocycles. The van der Waals surface area contributed by atoms with Crippen molar-refractivity contribution >= 4 is 5.91 Å². The molecule has 0 aromatic heterocycles. The van der Waals surface area contributed by atoms with E-state index in [1.165, 1.54) is 5.57 Å². The molecule has 1 amide bonds. The van der Waals surface area contributed by atoms with Gasteiger partial charge in [-0.3, -0.25) is 9.80 Å². The predicted octanol–water partition coefficient (Wildman–Crippen LogP) is 1.81. The molecular formula is C11H20N2O. The van der Waals surface area contributed by atoms with Crippen molar-refractivity contribution < 1.29 is 4.79 Å². The summed E-state index contributed by atoms with van der Waals surface area (Å²) in [6.07, 6.45) is 0.968. The van der Waals surface area contributed by atoms with Crippen molar-refractivity contribution in [3.63, 3.8) is 0 Å². The van der Waals surface area contributed by atoms with Crippen molar-refractivity contribution in [2.75, 3.05) is 19.6 Å². The van der Waals surface area contributed by atoms with Crippen LogP contribution in [0.4, 0.5) is 0 Å². The molecule has 0 spiro atoms. The number of hydrazine groups is 1. The van der Waals surface area contributed by atoms with Gasteiger partial charge in [0.1, 0.15) is 0 Å². The second-order valence-corrected chi connectivity index (χ2v) is 3.61. The summed E-state index contributed by atoms with van der Waals surface area (Å²) in [4.78, 5) is 11.9. The van der Waals surface area contributed by atoms with Gasteiger partial charge in [-0.25, -0.2) is 5.01 Å². The zero-order chi connectivity index (χ0) is 10.7. The summed E-state index contributed by atoms with van der Waals surface area (Å²) in [5, 5.41) is 3.95. The van der Waals surface area contributed by atoms with Crippen LogP contribution in [0.25, 0.3) is 0 Å². The van der Waals surface area contributed by atoms with Crippen molar-refractivity contribution in [1.29, 1.82) is 0 Å². The van der Waals surface area contributed by atoms with Crippen LogP contribution in [0, 0.1) is 0 Å². The second-order valence-electron chi connectivity index (χ2n) is 3.61. The van der Waals surface area contributed by atoms with E-state index >= 15 is 0 Å². The summed E-state index contributed by atoms with van der Waals surface area (Å²) in [5.74, 6) is 0.203. The number of hydrogen-bond acceptors (Lipinski definition) is 2. The van der Waals surface area contributed by atoms with Gasteiger partial charge in [-0.05, 0) is 20.3 Å². The van der Waals surface area contributed by atoms with Gasteiger partial charge in [0.15, 0.2) is 0 Å². The highest BCUT2D eigenvalue weighted by Gasteiger charge is 2.31. The Balaban J connectivity index is 2.92. The Labute approximate surface area is 86.3 Å². The van der Waals surface area contributed by atoms with Crippen molar-refractivity contribution in [2.45, 2.75) is 34.1 Å². The Morgan fingerprint density at radius 1 is 1.29 bits per heavy atom. The lowest BCUT2D eigenvalue weighted by Gasteiger charge is -2.24. The zero-order valence-electron chi connectivity index (χ0n) is 9.63. The number of nitrogens with zero attached hydrogens (tertiary/aromatic N) is 2. The monoisotopic (exact) mass is 196 g/mol. The van der Waals surface area contributed by atoms with Crippen LogP contribution in [-0.2, 0) is 4.79 Å². The quantitative estimate of drug-likeness (QED) is 0.643. The first kappa shape index (κ1) is 11.2. The van der Waals surface area contributed by atoms with E-state index in [2.05, 4.69) is 25.8 Å². The lowest BCUT2D eigenvalue weighted by atomic mass is 10.1. The fourth-order valence-corrected chi connectivity index (χ4v) is 1.78. The molecule has 0 radical (unpaired) electrons. The van der Waals surface area contributed by atoms with Crippen molar-refractivity contribution in [2.24, 2.45) is 0 Å². The second kappa shape index (κ2) is 4.60.